The summed E-state index contributed by atoms with van der Waals surface area (Å²) in [6.07, 6.45) is 1.62. The topological polar surface area (TPSA) is 52.6 Å². The minimum Gasteiger partial charge on any atom is -0.485 e. The van der Waals surface area contributed by atoms with Gasteiger partial charge >= 0.3 is 5.97 Å². The molecule has 0 radical (unpaired) electrons. The Morgan fingerprint density at radius 3 is 2.50 bits per heavy atom. The summed E-state index contributed by atoms with van der Waals surface area (Å²) in [6, 6.07) is 13.8. The predicted molar refractivity (Wildman–Crippen MR) is 84.1 cm³/mol. The van der Waals surface area contributed by atoms with Crippen LogP contribution >= 0.6 is 0 Å². The molecule has 112 valence electrons. The van der Waals surface area contributed by atoms with E-state index in [1.165, 1.54) is 7.11 Å². The van der Waals surface area contributed by atoms with E-state index in [1.54, 1.807) is 48.5 Å². The first-order valence-corrected chi connectivity index (χ1v) is 6.71. The Morgan fingerprint density at radius 1 is 1.14 bits per heavy atom. The van der Waals surface area contributed by atoms with Crippen LogP contribution in [0.5, 0.6) is 5.75 Å². The van der Waals surface area contributed by atoms with Gasteiger partial charge in [-0.2, -0.15) is 0 Å². The molecule has 0 atom stereocenters. The fourth-order valence-electron chi connectivity index (χ4n) is 1.92. The van der Waals surface area contributed by atoms with Crippen molar-refractivity contribution in [2.45, 2.75) is 0 Å². The van der Waals surface area contributed by atoms with Gasteiger partial charge in [-0.05, 0) is 17.7 Å². The minimum atomic E-state index is -0.522. The molecule has 0 unspecified atom stereocenters. The number of carbonyl (C=O) groups excluding carboxylic acids is 2. The minimum absolute atomic E-state index is 0.151. The van der Waals surface area contributed by atoms with E-state index in [0.29, 0.717) is 11.3 Å². The zero-order chi connectivity index (χ0) is 15.9. The number of hydrogen-bond acceptors (Lipinski definition) is 4. The molecule has 2 rings (SSSR count). The quantitative estimate of drug-likeness (QED) is 0.606. The van der Waals surface area contributed by atoms with Crippen LogP contribution in [-0.4, -0.2) is 25.5 Å². The van der Waals surface area contributed by atoms with Crippen LogP contribution in [0.25, 0.3) is 6.08 Å². The van der Waals surface area contributed by atoms with Gasteiger partial charge in [0.25, 0.3) is 0 Å². The van der Waals surface area contributed by atoms with E-state index in [-0.39, 0.29) is 18.0 Å². The van der Waals surface area contributed by atoms with Crippen LogP contribution in [-0.2, 0) is 4.74 Å². The maximum absolute atomic E-state index is 12.0. The monoisotopic (exact) mass is 296 g/mol. The number of ether oxygens (including phenoxy) is 2. The first-order valence-electron chi connectivity index (χ1n) is 6.71. The molecule has 0 saturated carbocycles. The average molecular weight is 296 g/mol. The lowest BCUT2D eigenvalue weighted by Crippen LogP contribution is -2.14. The fraction of sp³-hybridized carbons (Fsp3) is 0.111. The standard InChI is InChI=1S/C18H16O4/c1-3-13-9-10-17(15(11-13)18(20)21-2)22-12-16(19)14-7-5-4-6-8-14/h3-11H,1,12H2,2H3. The van der Waals surface area contributed by atoms with Crippen LogP contribution in [0.1, 0.15) is 26.3 Å². The van der Waals surface area contributed by atoms with Crippen LogP contribution in [0, 0.1) is 0 Å². The first-order chi connectivity index (χ1) is 10.7. The van der Waals surface area contributed by atoms with Crippen molar-refractivity contribution in [3.63, 3.8) is 0 Å². The highest BCUT2D eigenvalue weighted by Gasteiger charge is 2.15. The van der Waals surface area contributed by atoms with E-state index >= 15 is 0 Å². The summed E-state index contributed by atoms with van der Waals surface area (Å²) < 4.78 is 10.2. The highest BCUT2D eigenvalue weighted by atomic mass is 16.5. The van der Waals surface area contributed by atoms with E-state index in [0.717, 1.165) is 5.56 Å². The van der Waals surface area contributed by atoms with E-state index in [1.807, 2.05) is 6.07 Å². The second-order valence-electron chi connectivity index (χ2n) is 4.53. The average Bonchev–Trinajstić information content (AvgIpc) is 2.59. The number of Topliss-reactive ketones (excluding diaryl/α,β-unsaturated/α-hetero) is 1. The van der Waals surface area contributed by atoms with Crippen LogP contribution in [0.3, 0.4) is 0 Å². The van der Waals surface area contributed by atoms with Crippen LogP contribution in [0.2, 0.25) is 0 Å². The first kappa shape index (κ1) is 15.5. The highest BCUT2D eigenvalue weighted by molar-refractivity contribution is 5.97. The van der Waals surface area contributed by atoms with E-state index < -0.39 is 5.97 Å². The number of ketones is 1. The van der Waals surface area contributed by atoms with Crippen molar-refractivity contribution in [3.05, 3.63) is 71.8 Å². The number of hydrogen-bond donors (Lipinski definition) is 0. The third-order valence-corrected chi connectivity index (χ3v) is 3.10. The summed E-state index contributed by atoms with van der Waals surface area (Å²) in [6.45, 7) is 3.50. The van der Waals surface area contributed by atoms with Crippen molar-refractivity contribution in [1.29, 1.82) is 0 Å². The molecule has 22 heavy (non-hydrogen) atoms. The zero-order valence-corrected chi connectivity index (χ0v) is 12.2. The molecular formula is C18H16O4. The Hall–Kier alpha value is -2.88. The van der Waals surface area contributed by atoms with Gasteiger partial charge in [-0.3, -0.25) is 4.79 Å². The van der Waals surface area contributed by atoms with Crippen LogP contribution in [0.4, 0.5) is 0 Å². The molecule has 2 aromatic carbocycles. The lowest BCUT2D eigenvalue weighted by atomic mass is 10.1. The molecule has 0 heterocycles. The summed E-state index contributed by atoms with van der Waals surface area (Å²) in [5, 5.41) is 0. The Balaban J connectivity index is 2.17. The lowest BCUT2D eigenvalue weighted by molar-refractivity contribution is 0.0594. The van der Waals surface area contributed by atoms with Gasteiger partial charge in [-0.1, -0.05) is 49.1 Å². The number of benzene rings is 2. The molecule has 4 heteroatoms. The van der Waals surface area contributed by atoms with Crippen molar-refractivity contribution in [3.8, 4) is 5.75 Å². The van der Waals surface area contributed by atoms with E-state index in [2.05, 4.69) is 6.58 Å². The maximum atomic E-state index is 12.0. The Kier molecular flexibility index (Phi) is 5.09. The summed E-state index contributed by atoms with van der Waals surface area (Å²) in [7, 11) is 1.29. The van der Waals surface area contributed by atoms with Crippen molar-refractivity contribution in [2.24, 2.45) is 0 Å². The fourth-order valence-corrected chi connectivity index (χ4v) is 1.92. The number of rotatable bonds is 6. The maximum Gasteiger partial charge on any atom is 0.341 e. The Bertz CT molecular complexity index is 689. The highest BCUT2D eigenvalue weighted by Crippen LogP contribution is 2.22. The molecule has 0 aliphatic heterocycles. The summed E-state index contributed by atoms with van der Waals surface area (Å²) in [4.78, 5) is 23.8. The van der Waals surface area contributed by atoms with E-state index in [9.17, 15) is 9.59 Å². The van der Waals surface area contributed by atoms with Gasteiger partial charge in [0.2, 0.25) is 0 Å². The van der Waals surface area contributed by atoms with Crippen molar-refractivity contribution in [2.75, 3.05) is 13.7 Å². The second kappa shape index (κ2) is 7.22. The van der Waals surface area contributed by atoms with Crippen LogP contribution in [0.15, 0.2) is 55.1 Å². The third kappa shape index (κ3) is 3.61. The Morgan fingerprint density at radius 2 is 1.86 bits per heavy atom. The number of esters is 1. The summed E-state index contributed by atoms with van der Waals surface area (Å²) in [5.41, 5.74) is 1.59. The number of carbonyl (C=O) groups is 2. The molecule has 0 fully saturated rings. The molecule has 0 bridgehead atoms. The molecule has 0 aromatic heterocycles. The Labute approximate surface area is 129 Å². The molecule has 0 saturated heterocycles. The molecule has 0 spiro atoms. The van der Waals surface area contributed by atoms with Crippen molar-refractivity contribution in [1.82, 2.24) is 0 Å². The molecular weight excluding hydrogens is 280 g/mol. The SMILES string of the molecule is C=Cc1ccc(OCC(=O)c2ccccc2)c(C(=O)OC)c1. The smallest absolute Gasteiger partial charge is 0.341 e. The third-order valence-electron chi connectivity index (χ3n) is 3.10. The van der Waals surface area contributed by atoms with Gasteiger partial charge in [-0.15, -0.1) is 0 Å². The second-order valence-corrected chi connectivity index (χ2v) is 4.53. The predicted octanol–water partition coefficient (Wildman–Crippen LogP) is 3.38. The molecule has 2 aromatic rings. The normalized spacial score (nSPS) is 9.86. The van der Waals surface area contributed by atoms with Gasteiger partial charge < -0.3 is 9.47 Å². The van der Waals surface area contributed by atoms with Gasteiger partial charge in [0.1, 0.15) is 11.3 Å². The molecule has 0 aliphatic carbocycles. The molecule has 0 N–H and O–H groups in total. The van der Waals surface area contributed by atoms with Crippen LogP contribution < -0.4 is 4.74 Å². The number of methoxy groups -OCH3 is 1. The largest absolute Gasteiger partial charge is 0.485 e. The molecule has 0 aliphatic rings. The van der Waals surface area contributed by atoms with Crippen molar-refractivity contribution < 1.29 is 19.1 Å². The zero-order valence-electron chi connectivity index (χ0n) is 12.2. The summed E-state index contributed by atoms with van der Waals surface area (Å²) >= 11 is 0. The molecule has 0 amide bonds. The van der Waals surface area contributed by atoms with Gasteiger partial charge in [0.15, 0.2) is 12.4 Å². The van der Waals surface area contributed by atoms with Gasteiger partial charge in [-0.25, -0.2) is 4.79 Å². The van der Waals surface area contributed by atoms with E-state index in [4.69, 9.17) is 9.47 Å². The lowest BCUT2D eigenvalue weighted by Gasteiger charge is -2.10. The summed E-state index contributed by atoms with van der Waals surface area (Å²) in [5.74, 6) is -0.378. The van der Waals surface area contributed by atoms with Crippen molar-refractivity contribution >= 4 is 17.8 Å². The molecule has 4 nitrogen and oxygen atoms in total. The van der Waals surface area contributed by atoms with Gasteiger partial charge in [0.05, 0.1) is 7.11 Å². The van der Waals surface area contributed by atoms with Gasteiger partial charge in [0, 0.05) is 5.56 Å².